The molecule has 0 atom stereocenters. The number of aryl methyl sites for hydroxylation is 1. The van der Waals surface area contributed by atoms with Crippen LogP contribution in [0.5, 0.6) is 11.5 Å². The van der Waals surface area contributed by atoms with Crippen molar-refractivity contribution in [3.05, 3.63) is 57.0 Å². The van der Waals surface area contributed by atoms with Gasteiger partial charge in [-0.05, 0) is 42.8 Å². The van der Waals surface area contributed by atoms with Gasteiger partial charge in [-0.15, -0.1) is 0 Å². The Morgan fingerprint density at radius 3 is 2.57 bits per heavy atom. The molecule has 4 heteroatoms. The Bertz CT molecular complexity index is 628. The van der Waals surface area contributed by atoms with E-state index < -0.39 is 0 Å². The molecule has 1 N–H and O–H groups in total. The number of hydrogen-bond donors (Lipinski definition) is 1. The van der Waals surface area contributed by atoms with Gasteiger partial charge in [-0.2, -0.15) is 0 Å². The molecule has 0 aliphatic heterocycles. The first-order valence-electron chi connectivity index (χ1n) is 6.91. The van der Waals surface area contributed by atoms with Crippen LogP contribution in [-0.2, 0) is 6.54 Å². The minimum atomic E-state index is 0.429. The molecule has 112 valence electrons. The third kappa shape index (κ3) is 4.73. The third-order valence-electron chi connectivity index (χ3n) is 3.09. The van der Waals surface area contributed by atoms with Gasteiger partial charge in [0, 0.05) is 27.6 Å². The second-order valence-electron chi connectivity index (χ2n) is 5.30. The topological polar surface area (TPSA) is 21.3 Å². The molecule has 21 heavy (non-hydrogen) atoms. The molecule has 0 bridgehead atoms. The number of hydrogen-bond acceptors (Lipinski definition) is 2. The maximum Gasteiger partial charge on any atom is 0.133 e. The maximum atomic E-state index is 6.08. The zero-order valence-corrected chi connectivity index (χ0v) is 14.8. The molecule has 2 nitrogen and oxygen atoms in total. The van der Waals surface area contributed by atoms with Gasteiger partial charge in [0.25, 0.3) is 0 Å². The minimum absolute atomic E-state index is 0.429. The second kappa shape index (κ2) is 7.30. The Kier molecular flexibility index (Phi) is 5.68. The largest absolute Gasteiger partial charge is 0.457 e. The SMILES string of the molecule is Cc1cc(Cl)ccc1Oc1cc(Br)ccc1CNC(C)C. The fourth-order valence-electron chi connectivity index (χ4n) is 1.93. The van der Waals surface area contributed by atoms with Gasteiger partial charge >= 0.3 is 0 Å². The van der Waals surface area contributed by atoms with Crippen LogP contribution in [0.15, 0.2) is 40.9 Å². The summed E-state index contributed by atoms with van der Waals surface area (Å²) in [6.45, 7) is 7.02. The van der Waals surface area contributed by atoms with E-state index >= 15 is 0 Å². The van der Waals surface area contributed by atoms with Crippen molar-refractivity contribution in [1.82, 2.24) is 5.32 Å². The fraction of sp³-hybridized carbons (Fsp3) is 0.294. The van der Waals surface area contributed by atoms with Crippen LogP contribution < -0.4 is 10.1 Å². The minimum Gasteiger partial charge on any atom is -0.457 e. The zero-order chi connectivity index (χ0) is 15.4. The predicted molar refractivity (Wildman–Crippen MR) is 92.4 cm³/mol. The van der Waals surface area contributed by atoms with Gasteiger partial charge in [-0.1, -0.05) is 47.4 Å². The second-order valence-corrected chi connectivity index (χ2v) is 6.65. The summed E-state index contributed by atoms with van der Waals surface area (Å²) in [6.07, 6.45) is 0. The zero-order valence-electron chi connectivity index (χ0n) is 12.4. The molecule has 0 aliphatic carbocycles. The summed E-state index contributed by atoms with van der Waals surface area (Å²) in [4.78, 5) is 0. The lowest BCUT2D eigenvalue weighted by Crippen LogP contribution is -2.22. The Morgan fingerprint density at radius 1 is 1.14 bits per heavy atom. The van der Waals surface area contributed by atoms with Crippen LogP contribution in [0.1, 0.15) is 25.0 Å². The summed E-state index contributed by atoms with van der Waals surface area (Å²) in [5, 5.41) is 4.13. The van der Waals surface area contributed by atoms with E-state index in [9.17, 15) is 0 Å². The summed E-state index contributed by atoms with van der Waals surface area (Å²) in [5.41, 5.74) is 2.14. The molecular weight excluding hydrogens is 350 g/mol. The lowest BCUT2D eigenvalue weighted by Gasteiger charge is -2.15. The highest BCUT2D eigenvalue weighted by molar-refractivity contribution is 9.10. The van der Waals surface area contributed by atoms with Crippen LogP contribution in [0, 0.1) is 6.92 Å². The van der Waals surface area contributed by atoms with Crippen LogP contribution in [0.4, 0.5) is 0 Å². The molecule has 0 aliphatic rings. The first-order valence-corrected chi connectivity index (χ1v) is 8.08. The van der Waals surface area contributed by atoms with Crippen LogP contribution in [-0.4, -0.2) is 6.04 Å². The molecule has 2 aromatic rings. The van der Waals surface area contributed by atoms with Crippen LogP contribution >= 0.6 is 27.5 Å². The Morgan fingerprint density at radius 2 is 1.90 bits per heavy atom. The van der Waals surface area contributed by atoms with E-state index in [2.05, 4.69) is 41.2 Å². The van der Waals surface area contributed by atoms with E-state index in [1.165, 1.54) is 0 Å². The Labute approximate surface area is 139 Å². The Hall–Kier alpha value is -1.03. The van der Waals surface area contributed by atoms with Crippen molar-refractivity contribution in [2.24, 2.45) is 0 Å². The summed E-state index contributed by atoms with van der Waals surface area (Å²) >= 11 is 9.49. The number of nitrogens with one attached hydrogen (secondary N) is 1. The average Bonchev–Trinajstić information content (AvgIpc) is 2.41. The van der Waals surface area contributed by atoms with E-state index in [0.717, 1.165) is 38.7 Å². The van der Waals surface area contributed by atoms with Gasteiger partial charge in [-0.3, -0.25) is 0 Å². The normalized spacial score (nSPS) is 11.0. The summed E-state index contributed by atoms with van der Waals surface area (Å²) < 4.78 is 7.08. The molecule has 0 heterocycles. The lowest BCUT2D eigenvalue weighted by molar-refractivity contribution is 0.466. The van der Waals surface area contributed by atoms with E-state index in [4.69, 9.17) is 16.3 Å². The number of ether oxygens (including phenoxy) is 1. The highest BCUT2D eigenvalue weighted by Crippen LogP contribution is 2.31. The third-order valence-corrected chi connectivity index (χ3v) is 3.82. The van der Waals surface area contributed by atoms with E-state index in [1.807, 2.05) is 37.3 Å². The van der Waals surface area contributed by atoms with Crippen molar-refractivity contribution in [2.75, 3.05) is 0 Å². The molecule has 0 aromatic heterocycles. The number of halogens is 2. The smallest absolute Gasteiger partial charge is 0.133 e. The van der Waals surface area contributed by atoms with E-state index in [1.54, 1.807) is 0 Å². The molecule has 0 amide bonds. The molecule has 0 radical (unpaired) electrons. The van der Waals surface area contributed by atoms with E-state index in [-0.39, 0.29) is 0 Å². The monoisotopic (exact) mass is 367 g/mol. The molecule has 0 saturated carbocycles. The van der Waals surface area contributed by atoms with Gasteiger partial charge in [0.05, 0.1) is 0 Å². The van der Waals surface area contributed by atoms with Crippen molar-refractivity contribution in [3.8, 4) is 11.5 Å². The van der Waals surface area contributed by atoms with Gasteiger partial charge in [0.2, 0.25) is 0 Å². The standard InChI is InChI=1S/C17H19BrClNO/c1-11(2)20-10-13-4-5-14(18)9-17(13)21-16-7-6-15(19)8-12(16)3/h4-9,11,20H,10H2,1-3H3. The molecule has 0 unspecified atom stereocenters. The first-order chi connectivity index (χ1) is 9.95. The summed E-state index contributed by atoms with van der Waals surface area (Å²) in [5.74, 6) is 1.67. The van der Waals surface area contributed by atoms with Crippen LogP contribution in [0.3, 0.4) is 0 Å². The van der Waals surface area contributed by atoms with Crippen LogP contribution in [0.2, 0.25) is 5.02 Å². The summed E-state index contributed by atoms with van der Waals surface area (Å²) in [7, 11) is 0. The van der Waals surface area contributed by atoms with Crippen LogP contribution in [0.25, 0.3) is 0 Å². The average molecular weight is 369 g/mol. The maximum absolute atomic E-state index is 6.08. The quantitative estimate of drug-likeness (QED) is 0.730. The lowest BCUT2D eigenvalue weighted by atomic mass is 10.2. The summed E-state index contributed by atoms with van der Waals surface area (Å²) in [6, 6.07) is 12.2. The molecule has 2 rings (SSSR count). The van der Waals surface area contributed by atoms with Gasteiger partial charge in [0.1, 0.15) is 11.5 Å². The molecule has 0 saturated heterocycles. The highest BCUT2D eigenvalue weighted by Gasteiger charge is 2.09. The van der Waals surface area contributed by atoms with Gasteiger partial charge < -0.3 is 10.1 Å². The van der Waals surface area contributed by atoms with Crippen molar-refractivity contribution in [3.63, 3.8) is 0 Å². The predicted octanol–water partition coefficient (Wildman–Crippen LogP) is 5.70. The van der Waals surface area contributed by atoms with Gasteiger partial charge in [-0.25, -0.2) is 0 Å². The van der Waals surface area contributed by atoms with Crippen molar-refractivity contribution in [1.29, 1.82) is 0 Å². The van der Waals surface area contributed by atoms with E-state index in [0.29, 0.717) is 6.04 Å². The molecular formula is C17H19BrClNO. The fourth-order valence-corrected chi connectivity index (χ4v) is 2.50. The van der Waals surface area contributed by atoms with Crippen molar-refractivity contribution < 1.29 is 4.74 Å². The van der Waals surface area contributed by atoms with Gasteiger partial charge in [0.15, 0.2) is 0 Å². The molecule has 0 spiro atoms. The molecule has 0 fully saturated rings. The Balaban J connectivity index is 2.27. The highest BCUT2D eigenvalue weighted by atomic mass is 79.9. The first kappa shape index (κ1) is 16.3. The van der Waals surface area contributed by atoms with Crippen molar-refractivity contribution >= 4 is 27.5 Å². The van der Waals surface area contributed by atoms with Crippen molar-refractivity contribution in [2.45, 2.75) is 33.4 Å². The number of benzene rings is 2. The number of rotatable bonds is 5. The molecule has 2 aromatic carbocycles.